The SMILES string of the molecule is CC(c1ccccc1F)n1nnc2ccc(C(=O)O)cc21. The Bertz CT molecular complexity index is 829. The van der Waals surface area contributed by atoms with Gasteiger partial charge in [-0.05, 0) is 31.2 Å². The molecule has 0 saturated heterocycles. The van der Waals surface area contributed by atoms with Crippen molar-refractivity contribution < 1.29 is 14.3 Å². The number of aromatic nitrogens is 3. The molecule has 5 nitrogen and oxygen atoms in total. The number of aromatic carboxylic acids is 1. The van der Waals surface area contributed by atoms with Gasteiger partial charge in [-0.1, -0.05) is 23.4 Å². The van der Waals surface area contributed by atoms with Gasteiger partial charge in [-0.25, -0.2) is 13.9 Å². The van der Waals surface area contributed by atoms with E-state index in [1.54, 1.807) is 31.2 Å². The molecular weight excluding hydrogens is 273 g/mol. The van der Waals surface area contributed by atoms with E-state index in [0.717, 1.165) is 0 Å². The Balaban J connectivity index is 2.14. The molecule has 0 fully saturated rings. The maximum absolute atomic E-state index is 13.9. The molecule has 0 aliphatic carbocycles. The molecule has 0 amide bonds. The highest BCUT2D eigenvalue weighted by Gasteiger charge is 2.17. The van der Waals surface area contributed by atoms with Crippen LogP contribution in [0, 0.1) is 5.82 Å². The first kappa shape index (κ1) is 13.2. The number of halogens is 1. The van der Waals surface area contributed by atoms with Crippen LogP contribution < -0.4 is 0 Å². The van der Waals surface area contributed by atoms with Gasteiger partial charge in [0.05, 0.1) is 17.1 Å². The first-order chi connectivity index (χ1) is 10.1. The fourth-order valence-electron chi connectivity index (χ4n) is 2.30. The van der Waals surface area contributed by atoms with Gasteiger partial charge in [0.2, 0.25) is 0 Å². The van der Waals surface area contributed by atoms with E-state index < -0.39 is 5.97 Å². The zero-order valence-electron chi connectivity index (χ0n) is 11.2. The van der Waals surface area contributed by atoms with E-state index in [0.29, 0.717) is 16.6 Å². The lowest BCUT2D eigenvalue weighted by molar-refractivity contribution is 0.0697. The van der Waals surface area contributed by atoms with E-state index in [2.05, 4.69) is 10.3 Å². The third-order valence-corrected chi connectivity index (χ3v) is 3.44. The second kappa shape index (κ2) is 4.97. The zero-order valence-corrected chi connectivity index (χ0v) is 11.2. The third kappa shape index (κ3) is 2.24. The first-order valence-electron chi connectivity index (χ1n) is 6.40. The third-order valence-electron chi connectivity index (χ3n) is 3.44. The number of benzene rings is 2. The number of carboxylic acid groups (broad SMARTS) is 1. The minimum absolute atomic E-state index is 0.145. The van der Waals surface area contributed by atoms with Crippen molar-refractivity contribution in [2.75, 3.05) is 0 Å². The molecular formula is C15H12FN3O2. The summed E-state index contributed by atoms with van der Waals surface area (Å²) < 4.78 is 15.4. The molecule has 0 aliphatic rings. The summed E-state index contributed by atoms with van der Waals surface area (Å²) in [4.78, 5) is 11.1. The Morgan fingerprint density at radius 3 is 2.76 bits per heavy atom. The molecule has 106 valence electrons. The molecule has 1 aromatic heterocycles. The average Bonchev–Trinajstić information content (AvgIpc) is 2.90. The Morgan fingerprint density at radius 1 is 1.29 bits per heavy atom. The number of nitrogens with zero attached hydrogens (tertiary/aromatic N) is 3. The molecule has 3 rings (SSSR count). The summed E-state index contributed by atoms with van der Waals surface area (Å²) in [6.45, 7) is 1.79. The number of fused-ring (bicyclic) bond motifs is 1. The van der Waals surface area contributed by atoms with Gasteiger partial charge in [0.15, 0.2) is 0 Å². The fraction of sp³-hybridized carbons (Fsp3) is 0.133. The maximum atomic E-state index is 13.9. The highest BCUT2D eigenvalue weighted by atomic mass is 19.1. The van der Waals surface area contributed by atoms with Gasteiger partial charge < -0.3 is 5.11 Å². The Hall–Kier alpha value is -2.76. The summed E-state index contributed by atoms with van der Waals surface area (Å²) in [7, 11) is 0. The number of hydrogen-bond donors (Lipinski definition) is 1. The summed E-state index contributed by atoms with van der Waals surface area (Å²) in [5.74, 6) is -1.36. The molecule has 1 unspecified atom stereocenters. The monoisotopic (exact) mass is 285 g/mol. The molecule has 1 N–H and O–H groups in total. The smallest absolute Gasteiger partial charge is 0.335 e. The Labute approximate surface area is 119 Å². The van der Waals surface area contributed by atoms with Crippen LogP contribution in [0.4, 0.5) is 4.39 Å². The summed E-state index contributed by atoms with van der Waals surface area (Å²) in [6.07, 6.45) is 0. The minimum atomic E-state index is -1.02. The molecule has 0 saturated carbocycles. The standard InChI is InChI=1S/C15H12FN3O2/c1-9(11-4-2-3-5-12(11)16)19-14-8-10(15(20)21)6-7-13(14)17-18-19/h2-9H,1H3,(H,20,21). The van der Waals surface area contributed by atoms with Crippen molar-refractivity contribution in [2.24, 2.45) is 0 Å². The lowest BCUT2D eigenvalue weighted by Crippen LogP contribution is -2.10. The number of carbonyl (C=O) groups is 1. The van der Waals surface area contributed by atoms with Crippen LogP contribution in [0.25, 0.3) is 11.0 Å². The molecule has 3 aromatic rings. The van der Waals surface area contributed by atoms with E-state index >= 15 is 0 Å². The van der Waals surface area contributed by atoms with Crippen molar-refractivity contribution in [3.8, 4) is 0 Å². The molecule has 6 heteroatoms. The van der Waals surface area contributed by atoms with Gasteiger partial charge in [0, 0.05) is 5.56 Å². The Kier molecular flexibility index (Phi) is 3.13. The van der Waals surface area contributed by atoms with Crippen LogP contribution in [0.3, 0.4) is 0 Å². The highest BCUT2D eigenvalue weighted by Crippen LogP contribution is 2.24. The maximum Gasteiger partial charge on any atom is 0.335 e. The van der Waals surface area contributed by atoms with Crippen LogP contribution in [0.1, 0.15) is 28.9 Å². The highest BCUT2D eigenvalue weighted by molar-refractivity contribution is 5.92. The molecule has 0 spiro atoms. The predicted octanol–water partition coefficient (Wildman–Crippen LogP) is 2.88. The molecule has 0 radical (unpaired) electrons. The van der Waals surface area contributed by atoms with Gasteiger partial charge in [-0.15, -0.1) is 5.10 Å². The normalized spacial score (nSPS) is 12.5. The quantitative estimate of drug-likeness (QED) is 0.803. The first-order valence-corrected chi connectivity index (χ1v) is 6.40. The molecule has 21 heavy (non-hydrogen) atoms. The Morgan fingerprint density at radius 2 is 2.05 bits per heavy atom. The van der Waals surface area contributed by atoms with Crippen molar-refractivity contribution in [2.45, 2.75) is 13.0 Å². The average molecular weight is 285 g/mol. The molecule has 1 atom stereocenters. The summed E-state index contributed by atoms with van der Waals surface area (Å²) in [5, 5.41) is 17.1. The van der Waals surface area contributed by atoms with Crippen LogP contribution in [0.2, 0.25) is 0 Å². The van der Waals surface area contributed by atoms with Crippen molar-refractivity contribution in [3.63, 3.8) is 0 Å². The van der Waals surface area contributed by atoms with E-state index in [1.165, 1.54) is 22.9 Å². The second-order valence-corrected chi connectivity index (χ2v) is 4.74. The van der Waals surface area contributed by atoms with E-state index in [9.17, 15) is 9.18 Å². The van der Waals surface area contributed by atoms with Crippen LogP contribution in [0.15, 0.2) is 42.5 Å². The van der Waals surface area contributed by atoms with Crippen molar-refractivity contribution in [1.82, 2.24) is 15.0 Å². The molecule has 1 heterocycles. The molecule has 0 aliphatic heterocycles. The second-order valence-electron chi connectivity index (χ2n) is 4.74. The van der Waals surface area contributed by atoms with Crippen molar-refractivity contribution in [1.29, 1.82) is 0 Å². The van der Waals surface area contributed by atoms with Gasteiger partial charge in [-0.3, -0.25) is 0 Å². The van der Waals surface area contributed by atoms with Crippen LogP contribution in [-0.2, 0) is 0 Å². The van der Waals surface area contributed by atoms with Crippen LogP contribution >= 0.6 is 0 Å². The van der Waals surface area contributed by atoms with Gasteiger partial charge in [-0.2, -0.15) is 0 Å². The minimum Gasteiger partial charge on any atom is -0.478 e. The van der Waals surface area contributed by atoms with Crippen molar-refractivity contribution in [3.05, 3.63) is 59.4 Å². The lowest BCUT2D eigenvalue weighted by atomic mass is 10.1. The summed E-state index contributed by atoms with van der Waals surface area (Å²) >= 11 is 0. The number of hydrogen-bond acceptors (Lipinski definition) is 3. The molecule has 0 bridgehead atoms. The predicted molar refractivity (Wildman–Crippen MR) is 74.7 cm³/mol. The van der Waals surface area contributed by atoms with Gasteiger partial charge >= 0.3 is 5.97 Å². The largest absolute Gasteiger partial charge is 0.478 e. The number of rotatable bonds is 3. The van der Waals surface area contributed by atoms with Gasteiger partial charge in [0.25, 0.3) is 0 Å². The summed E-state index contributed by atoms with van der Waals surface area (Å²) in [5.41, 5.74) is 1.76. The van der Waals surface area contributed by atoms with E-state index in [4.69, 9.17) is 5.11 Å². The lowest BCUT2D eigenvalue weighted by Gasteiger charge is -2.13. The van der Waals surface area contributed by atoms with Gasteiger partial charge in [0.1, 0.15) is 11.3 Å². The molecule has 2 aromatic carbocycles. The summed E-state index contributed by atoms with van der Waals surface area (Å²) in [6, 6.07) is 10.6. The number of carboxylic acids is 1. The van der Waals surface area contributed by atoms with E-state index in [1.807, 2.05) is 0 Å². The van der Waals surface area contributed by atoms with Crippen LogP contribution in [-0.4, -0.2) is 26.1 Å². The van der Waals surface area contributed by atoms with E-state index in [-0.39, 0.29) is 17.4 Å². The zero-order chi connectivity index (χ0) is 15.0. The topological polar surface area (TPSA) is 68.0 Å². The van der Waals surface area contributed by atoms with Crippen molar-refractivity contribution >= 4 is 17.0 Å². The van der Waals surface area contributed by atoms with Crippen LogP contribution in [0.5, 0.6) is 0 Å². The fourth-order valence-corrected chi connectivity index (χ4v) is 2.30.